The van der Waals surface area contributed by atoms with Gasteiger partial charge in [0.1, 0.15) is 11.4 Å². The summed E-state index contributed by atoms with van der Waals surface area (Å²) >= 11 is 0. The van der Waals surface area contributed by atoms with Crippen LogP contribution in [0.2, 0.25) is 0 Å². The maximum Gasteiger partial charge on any atom is 0.410 e. The van der Waals surface area contributed by atoms with Gasteiger partial charge in [-0.2, -0.15) is 5.26 Å². The number of aromatic nitrogens is 2. The van der Waals surface area contributed by atoms with Gasteiger partial charge < -0.3 is 19.7 Å². The van der Waals surface area contributed by atoms with E-state index in [0.29, 0.717) is 18.1 Å². The summed E-state index contributed by atoms with van der Waals surface area (Å²) in [6.07, 6.45) is -0.402. The summed E-state index contributed by atoms with van der Waals surface area (Å²) < 4.78 is 10.2. The Balaban J connectivity index is 0.000000941. The Morgan fingerprint density at radius 2 is 1.79 bits per heavy atom. The van der Waals surface area contributed by atoms with Gasteiger partial charge in [0.25, 0.3) is 0 Å². The summed E-state index contributed by atoms with van der Waals surface area (Å²) in [5.74, 6) is 0.133. The molecular weight excluding hydrogens is 376 g/mol. The number of anilines is 1. The first kappa shape index (κ1) is 22.4. The minimum atomic E-state index is -0.583. The topological polar surface area (TPSA) is 121 Å². The number of nitrogens with one attached hydrogen (secondary N) is 1. The number of nitrogens with zero attached hydrogens (tertiary/aromatic N) is 5. The molecule has 0 aliphatic carbocycles. The lowest BCUT2D eigenvalue weighted by molar-refractivity contribution is 0.0240. The Morgan fingerprint density at radius 1 is 1.17 bits per heavy atom. The van der Waals surface area contributed by atoms with Crippen molar-refractivity contribution >= 4 is 17.9 Å². The first-order valence-electron chi connectivity index (χ1n) is 9.42. The first-order chi connectivity index (χ1) is 13.7. The zero-order chi connectivity index (χ0) is 21.6. The number of methoxy groups -OCH3 is 1. The SMILES string of the molecule is CC#N.COC(=O)c1nc2c(c(N3CCNCC3)n1)CN(C(=O)OC(C)(C)C)C2. The van der Waals surface area contributed by atoms with E-state index in [1.54, 1.807) is 11.0 Å². The molecule has 1 amide bonds. The lowest BCUT2D eigenvalue weighted by Crippen LogP contribution is -2.44. The minimum Gasteiger partial charge on any atom is -0.463 e. The molecule has 1 aromatic heterocycles. The summed E-state index contributed by atoms with van der Waals surface area (Å²) in [6.45, 7) is 10.8. The molecule has 0 atom stereocenters. The highest BCUT2D eigenvalue weighted by Gasteiger charge is 2.33. The number of ether oxygens (including phenoxy) is 2. The fourth-order valence-electron chi connectivity index (χ4n) is 3.01. The molecule has 10 heteroatoms. The van der Waals surface area contributed by atoms with E-state index in [-0.39, 0.29) is 12.4 Å². The van der Waals surface area contributed by atoms with Gasteiger partial charge in [-0.1, -0.05) is 0 Å². The molecule has 10 nitrogen and oxygen atoms in total. The van der Waals surface area contributed by atoms with E-state index in [1.165, 1.54) is 14.0 Å². The van der Waals surface area contributed by atoms with Gasteiger partial charge in [0, 0.05) is 38.7 Å². The van der Waals surface area contributed by atoms with Crippen molar-refractivity contribution in [1.29, 1.82) is 5.26 Å². The normalized spacial score (nSPS) is 15.6. The van der Waals surface area contributed by atoms with Crippen LogP contribution in [0.4, 0.5) is 10.6 Å². The van der Waals surface area contributed by atoms with Crippen LogP contribution in [0, 0.1) is 11.3 Å². The average Bonchev–Trinajstić information content (AvgIpc) is 3.11. The minimum absolute atomic E-state index is 0.0193. The molecule has 1 N–H and O–H groups in total. The van der Waals surface area contributed by atoms with Crippen molar-refractivity contribution in [1.82, 2.24) is 20.2 Å². The van der Waals surface area contributed by atoms with Crippen LogP contribution in [0.5, 0.6) is 0 Å². The van der Waals surface area contributed by atoms with Crippen molar-refractivity contribution in [3.8, 4) is 6.07 Å². The third kappa shape index (κ3) is 5.77. The number of piperazine rings is 1. The average molecular weight is 404 g/mol. The number of hydrogen-bond donors (Lipinski definition) is 1. The number of carbonyl (C=O) groups is 2. The molecule has 3 heterocycles. The number of esters is 1. The molecule has 2 aliphatic heterocycles. The van der Waals surface area contributed by atoms with Crippen LogP contribution in [-0.4, -0.2) is 65.8 Å². The van der Waals surface area contributed by atoms with E-state index >= 15 is 0 Å². The summed E-state index contributed by atoms with van der Waals surface area (Å²) in [4.78, 5) is 36.9. The van der Waals surface area contributed by atoms with Gasteiger partial charge in [0.15, 0.2) is 0 Å². The molecule has 3 rings (SSSR count). The second-order valence-electron chi connectivity index (χ2n) is 7.58. The molecule has 0 aromatic carbocycles. The van der Waals surface area contributed by atoms with E-state index in [1.807, 2.05) is 20.8 Å². The fraction of sp³-hybridized carbons (Fsp3) is 0.632. The van der Waals surface area contributed by atoms with E-state index in [9.17, 15) is 9.59 Å². The second kappa shape index (κ2) is 9.52. The monoisotopic (exact) mass is 404 g/mol. The van der Waals surface area contributed by atoms with Crippen LogP contribution in [0.25, 0.3) is 0 Å². The number of rotatable bonds is 2. The Bertz CT molecular complexity index is 793. The van der Waals surface area contributed by atoms with Gasteiger partial charge in [-0.25, -0.2) is 19.6 Å². The van der Waals surface area contributed by atoms with Gasteiger partial charge in [-0.3, -0.25) is 4.90 Å². The van der Waals surface area contributed by atoms with Crippen molar-refractivity contribution in [2.75, 3.05) is 38.2 Å². The molecule has 0 saturated carbocycles. The lowest BCUT2D eigenvalue weighted by Gasteiger charge is -2.30. The highest BCUT2D eigenvalue weighted by Crippen LogP contribution is 2.30. The molecule has 0 spiro atoms. The second-order valence-corrected chi connectivity index (χ2v) is 7.58. The quantitative estimate of drug-likeness (QED) is 0.730. The van der Waals surface area contributed by atoms with Crippen molar-refractivity contribution in [3.05, 3.63) is 17.1 Å². The Morgan fingerprint density at radius 3 is 2.34 bits per heavy atom. The summed E-state index contributed by atoms with van der Waals surface area (Å²) in [6, 6.07) is 1.75. The maximum atomic E-state index is 12.4. The summed E-state index contributed by atoms with van der Waals surface area (Å²) in [5.41, 5.74) is 0.959. The molecule has 1 fully saturated rings. The number of fused-ring (bicyclic) bond motifs is 1. The largest absolute Gasteiger partial charge is 0.463 e. The zero-order valence-electron chi connectivity index (χ0n) is 17.6. The smallest absolute Gasteiger partial charge is 0.410 e. The third-order valence-corrected chi connectivity index (χ3v) is 4.20. The fourth-order valence-corrected chi connectivity index (χ4v) is 3.01. The van der Waals surface area contributed by atoms with Crippen molar-refractivity contribution in [2.45, 2.75) is 46.4 Å². The van der Waals surface area contributed by atoms with Crippen LogP contribution in [-0.2, 0) is 22.6 Å². The maximum absolute atomic E-state index is 12.4. The Hall–Kier alpha value is -2.93. The number of amides is 1. The molecule has 158 valence electrons. The molecular formula is C19H28N6O4. The van der Waals surface area contributed by atoms with Crippen molar-refractivity contribution in [2.24, 2.45) is 0 Å². The number of nitriles is 1. The van der Waals surface area contributed by atoms with Crippen molar-refractivity contribution < 1.29 is 19.1 Å². The van der Waals surface area contributed by atoms with E-state index < -0.39 is 17.7 Å². The molecule has 1 aromatic rings. The molecule has 1 saturated heterocycles. The van der Waals surface area contributed by atoms with Crippen LogP contribution in [0.15, 0.2) is 0 Å². The van der Waals surface area contributed by atoms with Crippen LogP contribution < -0.4 is 10.2 Å². The molecule has 2 aliphatic rings. The molecule has 0 unspecified atom stereocenters. The lowest BCUT2D eigenvalue weighted by atomic mass is 10.2. The number of hydrogen-bond acceptors (Lipinski definition) is 9. The third-order valence-electron chi connectivity index (χ3n) is 4.20. The van der Waals surface area contributed by atoms with E-state index in [2.05, 4.69) is 20.2 Å². The first-order valence-corrected chi connectivity index (χ1v) is 9.42. The van der Waals surface area contributed by atoms with Gasteiger partial charge in [-0.05, 0) is 20.8 Å². The van der Waals surface area contributed by atoms with Crippen LogP contribution in [0.3, 0.4) is 0 Å². The van der Waals surface area contributed by atoms with E-state index in [0.717, 1.165) is 31.7 Å². The Kier molecular flexibility index (Phi) is 7.34. The van der Waals surface area contributed by atoms with Gasteiger partial charge >= 0.3 is 12.1 Å². The zero-order valence-corrected chi connectivity index (χ0v) is 17.6. The Labute approximate surface area is 170 Å². The van der Waals surface area contributed by atoms with Gasteiger partial charge in [-0.15, -0.1) is 0 Å². The summed E-state index contributed by atoms with van der Waals surface area (Å²) in [5, 5.41) is 10.6. The molecule has 29 heavy (non-hydrogen) atoms. The number of carbonyl (C=O) groups excluding carboxylic acids is 2. The highest BCUT2D eigenvalue weighted by molar-refractivity contribution is 5.86. The van der Waals surface area contributed by atoms with Gasteiger partial charge in [0.05, 0.1) is 32.0 Å². The predicted octanol–water partition coefficient (Wildman–Crippen LogP) is 1.45. The molecule has 0 radical (unpaired) electrons. The van der Waals surface area contributed by atoms with Crippen LogP contribution in [0.1, 0.15) is 49.6 Å². The van der Waals surface area contributed by atoms with Crippen molar-refractivity contribution in [3.63, 3.8) is 0 Å². The summed E-state index contributed by atoms with van der Waals surface area (Å²) in [7, 11) is 1.30. The van der Waals surface area contributed by atoms with E-state index in [4.69, 9.17) is 14.7 Å². The van der Waals surface area contributed by atoms with Crippen LogP contribution >= 0.6 is 0 Å². The standard InChI is InChI=1S/C17H25N5O4.C2H3N/c1-17(2,3)26-16(24)22-9-11-12(10-22)19-13(15(23)25-4)20-14(11)21-7-5-18-6-8-21;1-2-3/h18H,5-10H2,1-4H3;1H3. The van der Waals surface area contributed by atoms with Gasteiger partial charge in [0.2, 0.25) is 5.82 Å². The highest BCUT2D eigenvalue weighted by atomic mass is 16.6. The molecule has 0 bridgehead atoms. The predicted molar refractivity (Wildman–Crippen MR) is 105 cm³/mol.